The molecule has 0 heterocycles. The molecule has 0 bridgehead atoms. The molecule has 0 saturated heterocycles. The van der Waals surface area contributed by atoms with Crippen molar-refractivity contribution >= 4 is 15.9 Å². The molecule has 0 fully saturated rings. The van der Waals surface area contributed by atoms with E-state index in [1.165, 1.54) is 12.1 Å². The van der Waals surface area contributed by atoms with Gasteiger partial charge in [-0.2, -0.15) is 13.2 Å². The molecule has 1 unspecified atom stereocenters. The van der Waals surface area contributed by atoms with Crippen LogP contribution in [-0.4, -0.2) is 7.05 Å². The lowest BCUT2D eigenvalue weighted by Crippen LogP contribution is -2.19. The van der Waals surface area contributed by atoms with E-state index in [2.05, 4.69) is 21.2 Å². The minimum absolute atomic E-state index is 0.159. The summed E-state index contributed by atoms with van der Waals surface area (Å²) in [6, 6.07) is 13.1. The summed E-state index contributed by atoms with van der Waals surface area (Å²) >= 11 is 3.36. The third-order valence-corrected chi connectivity index (χ3v) is 3.85. The van der Waals surface area contributed by atoms with E-state index in [1.54, 1.807) is 13.1 Å². The van der Waals surface area contributed by atoms with Gasteiger partial charge in [0.15, 0.2) is 0 Å². The molecule has 0 amide bonds. The molecule has 1 N–H and O–H groups in total. The maximum Gasteiger partial charge on any atom is 0.416 e. The lowest BCUT2D eigenvalue weighted by atomic mass is 9.97. The Hall–Kier alpha value is -1.33. The molecule has 0 radical (unpaired) electrons. The smallest absolute Gasteiger partial charge is 0.313 e. The molecule has 0 spiro atoms. The Morgan fingerprint density at radius 1 is 1.10 bits per heavy atom. The number of likely N-dealkylation sites (N-methyl/N-ethyl adjacent to an activating group) is 1. The van der Waals surface area contributed by atoms with Gasteiger partial charge in [-0.3, -0.25) is 0 Å². The third kappa shape index (κ3) is 4.32. The molecule has 112 valence electrons. The molecule has 0 aromatic heterocycles. The van der Waals surface area contributed by atoms with Crippen LogP contribution in [0.4, 0.5) is 13.2 Å². The minimum Gasteiger partial charge on any atom is -0.313 e. The van der Waals surface area contributed by atoms with Crippen molar-refractivity contribution in [2.75, 3.05) is 7.05 Å². The van der Waals surface area contributed by atoms with Crippen LogP contribution in [0.3, 0.4) is 0 Å². The molecular weight excluding hydrogens is 343 g/mol. The molecule has 21 heavy (non-hydrogen) atoms. The number of halogens is 4. The van der Waals surface area contributed by atoms with E-state index in [1.807, 2.05) is 24.3 Å². The fraction of sp³-hybridized carbons (Fsp3) is 0.250. The number of benzene rings is 2. The molecule has 2 aromatic rings. The highest BCUT2D eigenvalue weighted by molar-refractivity contribution is 9.10. The molecule has 1 nitrogen and oxygen atoms in total. The fourth-order valence-electron chi connectivity index (χ4n) is 2.17. The molecule has 0 aliphatic rings. The molecule has 1 atom stereocenters. The van der Waals surface area contributed by atoms with Crippen LogP contribution >= 0.6 is 15.9 Å². The topological polar surface area (TPSA) is 12.0 Å². The maximum absolute atomic E-state index is 12.8. The van der Waals surface area contributed by atoms with E-state index in [4.69, 9.17) is 0 Å². The van der Waals surface area contributed by atoms with Crippen molar-refractivity contribution in [3.8, 4) is 0 Å². The van der Waals surface area contributed by atoms with Crippen LogP contribution in [0.25, 0.3) is 0 Å². The lowest BCUT2D eigenvalue weighted by Gasteiger charge is -2.18. The minimum atomic E-state index is -4.31. The first-order chi connectivity index (χ1) is 9.90. The number of hydrogen-bond donors (Lipinski definition) is 1. The first kappa shape index (κ1) is 16.0. The molecular formula is C16H15BrF3N. The quantitative estimate of drug-likeness (QED) is 0.814. The van der Waals surface area contributed by atoms with E-state index in [-0.39, 0.29) is 6.04 Å². The van der Waals surface area contributed by atoms with Gasteiger partial charge in [0.1, 0.15) is 0 Å². The van der Waals surface area contributed by atoms with Crippen LogP contribution in [0.1, 0.15) is 22.7 Å². The van der Waals surface area contributed by atoms with E-state index in [0.29, 0.717) is 12.0 Å². The van der Waals surface area contributed by atoms with Gasteiger partial charge < -0.3 is 5.32 Å². The molecule has 2 aromatic carbocycles. The van der Waals surface area contributed by atoms with Gasteiger partial charge >= 0.3 is 6.18 Å². The summed E-state index contributed by atoms with van der Waals surface area (Å²) in [5.41, 5.74) is 1.08. The van der Waals surface area contributed by atoms with Crippen LogP contribution in [0.5, 0.6) is 0 Å². The standard InChI is InChI=1S/C16H15BrF3N/c1-21-15(9-11-5-7-14(17)8-6-11)12-3-2-4-13(10-12)16(18,19)20/h2-8,10,15,21H,9H2,1H3. The summed E-state index contributed by atoms with van der Waals surface area (Å²) in [6.45, 7) is 0. The van der Waals surface area contributed by atoms with E-state index in [9.17, 15) is 13.2 Å². The van der Waals surface area contributed by atoms with Crippen molar-refractivity contribution in [2.24, 2.45) is 0 Å². The van der Waals surface area contributed by atoms with Crippen molar-refractivity contribution in [2.45, 2.75) is 18.6 Å². The Morgan fingerprint density at radius 3 is 2.33 bits per heavy atom. The van der Waals surface area contributed by atoms with Gasteiger partial charge in [-0.25, -0.2) is 0 Å². The summed E-state index contributed by atoms with van der Waals surface area (Å²) in [4.78, 5) is 0. The second-order valence-electron chi connectivity index (χ2n) is 4.80. The highest BCUT2D eigenvalue weighted by atomic mass is 79.9. The van der Waals surface area contributed by atoms with Gasteiger partial charge in [-0.15, -0.1) is 0 Å². The summed E-state index contributed by atoms with van der Waals surface area (Å²) in [7, 11) is 1.75. The second kappa shape index (κ2) is 6.62. The van der Waals surface area contributed by atoms with E-state index < -0.39 is 11.7 Å². The highest BCUT2D eigenvalue weighted by Crippen LogP contribution is 2.31. The van der Waals surface area contributed by atoms with Crippen molar-refractivity contribution in [1.82, 2.24) is 5.32 Å². The van der Waals surface area contributed by atoms with Crippen molar-refractivity contribution in [3.63, 3.8) is 0 Å². The van der Waals surface area contributed by atoms with E-state index >= 15 is 0 Å². The first-order valence-corrected chi connectivity index (χ1v) is 7.28. The summed E-state index contributed by atoms with van der Waals surface area (Å²) in [6.07, 6.45) is -3.68. The molecule has 0 aliphatic heterocycles. The van der Waals surface area contributed by atoms with Gasteiger partial charge in [-0.1, -0.05) is 40.2 Å². The summed E-state index contributed by atoms with van der Waals surface area (Å²) in [5.74, 6) is 0. The largest absolute Gasteiger partial charge is 0.416 e. The van der Waals surface area contributed by atoms with Crippen LogP contribution in [0, 0.1) is 0 Å². The normalized spacial score (nSPS) is 13.2. The predicted molar refractivity (Wildman–Crippen MR) is 81.1 cm³/mol. The van der Waals surface area contributed by atoms with Gasteiger partial charge in [0.05, 0.1) is 5.56 Å². The van der Waals surface area contributed by atoms with Gasteiger partial charge in [0.25, 0.3) is 0 Å². The number of rotatable bonds is 4. The monoisotopic (exact) mass is 357 g/mol. The second-order valence-corrected chi connectivity index (χ2v) is 5.71. The molecule has 2 rings (SSSR count). The first-order valence-electron chi connectivity index (χ1n) is 6.49. The lowest BCUT2D eigenvalue weighted by molar-refractivity contribution is -0.137. The Kier molecular flexibility index (Phi) is 5.06. The van der Waals surface area contributed by atoms with Crippen LogP contribution < -0.4 is 5.32 Å². The van der Waals surface area contributed by atoms with Gasteiger partial charge in [0, 0.05) is 10.5 Å². The molecule has 0 aliphatic carbocycles. The molecule has 5 heteroatoms. The highest BCUT2D eigenvalue weighted by Gasteiger charge is 2.30. The zero-order chi connectivity index (χ0) is 15.5. The molecule has 0 saturated carbocycles. The van der Waals surface area contributed by atoms with E-state index in [0.717, 1.165) is 16.1 Å². The number of nitrogens with one attached hydrogen (secondary N) is 1. The van der Waals surface area contributed by atoms with Crippen molar-refractivity contribution in [1.29, 1.82) is 0 Å². The predicted octanol–water partition coefficient (Wildman–Crippen LogP) is 4.97. The van der Waals surface area contributed by atoms with Gasteiger partial charge in [0.2, 0.25) is 0 Å². The zero-order valence-corrected chi connectivity index (χ0v) is 13.0. The average Bonchev–Trinajstić information content (AvgIpc) is 2.46. The van der Waals surface area contributed by atoms with Crippen LogP contribution in [0.2, 0.25) is 0 Å². The number of alkyl halides is 3. The van der Waals surface area contributed by atoms with Crippen LogP contribution in [0.15, 0.2) is 53.0 Å². The Balaban J connectivity index is 2.23. The number of hydrogen-bond acceptors (Lipinski definition) is 1. The Labute approximate surface area is 130 Å². The van der Waals surface area contributed by atoms with Crippen molar-refractivity contribution in [3.05, 3.63) is 69.7 Å². The summed E-state index contributed by atoms with van der Waals surface area (Å²) < 4.78 is 39.3. The SMILES string of the molecule is CNC(Cc1ccc(Br)cc1)c1cccc(C(F)(F)F)c1. The third-order valence-electron chi connectivity index (χ3n) is 3.32. The average molecular weight is 358 g/mol. The maximum atomic E-state index is 12.8. The van der Waals surface area contributed by atoms with Crippen molar-refractivity contribution < 1.29 is 13.2 Å². The van der Waals surface area contributed by atoms with Gasteiger partial charge in [-0.05, 0) is 48.9 Å². The Morgan fingerprint density at radius 2 is 1.76 bits per heavy atom. The fourth-order valence-corrected chi connectivity index (χ4v) is 2.44. The van der Waals surface area contributed by atoms with Crippen LogP contribution in [-0.2, 0) is 12.6 Å². The Bertz CT molecular complexity index is 593. The summed E-state index contributed by atoms with van der Waals surface area (Å²) in [5, 5.41) is 3.08. The zero-order valence-electron chi connectivity index (χ0n) is 11.4.